The normalized spacial score (nSPS) is 10.3. The molecule has 0 aliphatic heterocycles. The third-order valence-corrected chi connectivity index (χ3v) is 2.35. The van der Waals surface area contributed by atoms with E-state index in [-0.39, 0.29) is 17.3 Å². The van der Waals surface area contributed by atoms with E-state index in [1.54, 1.807) is 12.1 Å². The van der Waals surface area contributed by atoms with E-state index in [2.05, 4.69) is 31.0 Å². The predicted octanol–water partition coefficient (Wildman–Crippen LogP) is 0.106. The lowest BCUT2D eigenvalue weighted by Crippen LogP contribution is -2.16. The van der Waals surface area contributed by atoms with E-state index in [1.165, 1.54) is 10.9 Å². The molecule has 0 aliphatic rings. The number of hydrogen-bond acceptors (Lipinski definition) is 5. The van der Waals surface area contributed by atoms with Gasteiger partial charge in [0.05, 0.1) is 5.56 Å². The Morgan fingerprint density at radius 2 is 2.25 bits per heavy atom. The lowest BCUT2D eigenvalue weighted by atomic mass is 10.2. The van der Waals surface area contributed by atoms with Crippen molar-refractivity contribution in [1.29, 1.82) is 0 Å². The number of primary amides is 1. The van der Waals surface area contributed by atoms with Crippen molar-refractivity contribution in [2.45, 2.75) is 0 Å². The van der Waals surface area contributed by atoms with Gasteiger partial charge in [-0.3, -0.25) is 4.79 Å². The molecule has 0 unspecified atom stereocenters. The Bertz CT molecular complexity index is 551. The monoisotopic (exact) mass is 282 g/mol. The molecule has 4 N–H and O–H groups in total. The van der Waals surface area contributed by atoms with Gasteiger partial charge in [0, 0.05) is 6.20 Å². The molecule has 2 aromatic heterocycles. The summed E-state index contributed by atoms with van der Waals surface area (Å²) < 4.78 is 1.65. The highest BCUT2D eigenvalue weighted by molar-refractivity contribution is 9.10. The van der Waals surface area contributed by atoms with Gasteiger partial charge < -0.3 is 11.5 Å². The zero-order valence-electron chi connectivity index (χ0n) is 7.96. The number of nitrogens with zero attached hydrogens (tertiary/aromatic N) is 4. The lowest BCUT2D eigenvalue weighted by molar-refractivity contribution is 0.1000. The first-order valence-corrected chi connectivity index (χ1v) is 5.02. The van der Waals surface area contributed by atoms with Gasteiger partial charge in [0.15, 0.2) is 5.82 Å². The Morgan fingerprint density at radius 3 is 2.81 bits per heavy atom. The Balaban J connectivity index is 2.64. The number of anilines is 1. The number of pyridine rings is 1. The summed E-state index contributed by atoms with van der Waals surface area (Å²) >= 11 is 3.15. The molecule has 16 heavy (non-hydrogen) atoms. The van der Waals surface area contributed by atoms with Crippen molar-refractivity contribution in [2.75, 3.05) is 5.73 Å². The van der Waals surface area contributed by atoms with Crippen LogP contribution in [0.25, 0.3) is 5.82 Å². The quantitative estimate of drug-likeness (QED) is 0.811. The Kier molecular flexibility index (Phi) is 2.57. The van der Waals surface area contributed by atoms with Crippen LogP contribution in [0.5, 0.6) is 0 Å². The summed E-state index contributed by atoms with van der Waals surface area (Å²) in [6.45, 7) is 0. The number of carbonyl (C=O) groups excluding carboxylic acids is 1. The van der Waals surface area contributed by atoms with Gasteiger partial charge in [0.25, 0.3) is 5.91 Å². The minimum absolute atomic E-state index is 0.0768. The smallest absolute Gasteiger partial charge is 0.252 e. The molecule has 1 amide bonds. The first kappa shape index (κ1) is 10.6. The van der Waals surface area contributed by atoms with E-state index in [4.69, 9.17) is 11.5 Å². The summed E-state index contributed by atoms with van der Waals surface area (Å²) in [6.07, 6.45) is 1.52. The van der Waals surface area contributed by atoms with Crippen molar-refractivity contribution in [3.8, 4) is 5.82 Å². The molecule has 0 saturated carbocycles. The fourth-order valence-electron chi connectivity index (χ4n) is 1.20. The van der Waals surface area contributed by atoms with Gasteiger partial charge in [-0.1, -0.05) is 0 Å². The molecular weight excluding hydrogens is 276 g/mol. The number of nitrogen functional groups attached to an aromatic ring is 1. The standard InChI is InChI=1S/C8H7BrN6O/c9-7-13-8(11)14-15(7)6-4(5(10)16)2-1-3-12-6/h1-3H,(H2,10,16)(H2,11,14). The molecule has 0 aromatic carbocycles. The van der Waals surface area contributed by atoms with Crippen molar-refractivity contribution in [2.24, 2.45) is 5.73 Å². The maximum Gasteiger partial charge on any atom is 0.252 e. The fraction of sp³-hybridized carbons (Fsp3) is 0. The van der Waals surface area contributed by atoms with Crippen LogP contribution in [0.3, 0.4) is 0 Å². The number of halogens is 1. The van der Waals surface area contributed by atoms with Gasteiger partial charge in [-0.15, -0.1) is 5.10 Å². The summed E-state index contributed by atoms with van der Waals surface area (Å²) in [4.78, 5) is 19.0. The fourth-order valence-corrected chi connectivity index (χ4v) is 1.63. The van der Waals surface area contributed by atoms with E-state index < -0.39 is 5.91 Å². The van der Waals surface area contributed by atoms with E-state index in [9.17, 15) is 4.79 Å². The molecule has 82 valence electrons. The molecule has 2 heterocycles. The summed E-state index contributed by atoms with van der Waals surface area (Å²) in [5.74, 6) is -0.233. The number of carbonyl (C=O) groups is 1. The van der Waals surface area contributed by atoms with Crippen LogP contribution in [0.1, 0.15) is 10.4 Å². The second kappa shape index (κ2) is 3.89. The molecule has 0 atom stereocenters. The van der Waals surface area contributed by atoms with E-state index in [0.29, 0.717) is 4.73 Å². The van der Waals surface area contributed by atoms with E-state index in [0.717, 1.165) is 0 Å². The molecule has 7 nitrogen and oxygen atoms in total. The van der Waals surface area contributed by atoms with Crippen LogP contribution in [0.15, 0.2) is 23.1 Å². The number of hydrogen-bond donors (Lipinski definition) is 2. The Morgan fingerprint density at radius 1 is 1.50 bits per heavy atom. The average Bonchev–Trinajstić information content (AvgIpc) is 2.57. The van der Waals surface area contributed by atoms with Crippen molar-refractivity contribution < 1.29 is 4.79 Å². The third kappa shape index (κ3) is 1.74. The van der Waals surface area contributed by atoms with E-state index in [1.807, 2.05) is 0 Å². The second-order valence-corrected chi connectivity index (χ2v) is 3.60. The van der Waals surface area contributed by atoms with Gasteiger partial charge >= 0.3 is 0 Å². The second-order valence-electron chi connectivity index (χ2n) is 2.89. The SMILES string of the molecule is NC(=O)c1cccnc1-n1nc(N)nc1Br. The molecule has 0 fully saturated rings. The molecule has 2 rings (SSSR count). The van der Waals surface area contributed by atoms with Crippen LogP contribution in [0.2, 0.25) is 0 Å². The zero-order valence-corrected chi connectivity index (χ0v) is 9.55. The number of rotatable bonds is 2. The van der Waals surface area contributed by atoms with Crippen LogP contribution in [-0.4, -0.2) is 25.7 Å². The van der Waals surface area contributed by atoms with Gasteiger partial charge in [-0.25, -0.2) is 4.98 Å². The average molecular weight is 283 g/mol. The maximum atomic E-state index is 11.2. The first-order valence-electron chi connectivity index (χ1n) is 4.23. The topological polar surface area (TPSA) is 113 Å². The van der Waals surface area contributed by atoms with Crippen molar-refractivity contribution in [3.63, 3.8) is 0 Å². The van der Waals surface area contributed by atoms with Gasteiger partial charge in [-0.2, -0.15) is 9.67 Å². The van der Waals surface area contributed by atoms with Crippen molar-refractivity contribution in [3.05, 3.63) is 28.6 Å². The van der Waals surface area contributed by atoms with Crippen LogP contribution in [0, 0.1) is 0 Å². The molecule has 0 aliphatic carbocycles. The molecular formula is C8H7BrN6O. The van der Waals surface area contributed by atoms with Crippen LogP contribution in [-0.2, 0) is 0 Å². The Labute approximate surface area is 98.6 Å². The number of aromatic nitrogens is 4. The maximum absolute atomic E-state index is 11.2. The third-order valence-electron chi connectivity index (χ3n) is 1.84. The highest BCUT2D eigenvalue weighted by Gasteiger charge is 2.15. The summed E-state index contributed by atoms with van der Waals surface area (Å²) in [6, 6.07) is 3.16. The van der Waals surface area contributed by atoms with Gasteiger partial charge in [-0.05, 0) is 28.1 Å². The summed E-state index contributed by atoms with van der Waals surface area (Å²) in [5, 5.41) is 3.89. The van der Waals surface area contributed by atoms with Crippen molar-refractivity contribution >= 4 is 27.8 Å². The lowest BCUT2D eigenvalue weighted by Gasteiger charge is -2.04. The zero-order chi connectivity index (χ0) is 11.7. The van der Waals surface area contributed by atoms with Gasteiger partial charge in [0.1, 0.15) is 0 Å². The van der Waals surface area contributed by atoms with Crippen LogP contribution >= 0.6 is 15.9 Å². The molecule has 0 bridgehead atoms. The van der Waals surface area contributed by atoms with Gasteiger partial charge in [0.2, 0.25) is 10.7 Å². The largest absolute Gasteiger partial charge is 0.366 e. The molecule has 0 saturated heterocycles. The minimum Gasteiger partial charge on any atom is -0.366 e. The highest BCUT2D eigenvalue weighted by Crippen LogP contribution is 2.16. The Hall–Kier alpha value is -1.96. The first-order chi connectivity index (χ1) is 7.59. The van der Waals surface area contributed by atoms with E-state index >= 15 is 0 Å². The molecule has 2 aromatic rings. The number of amides is 1. The van der Waals surface area contributed by atoms with Crippen LogP contribution in [0.4, 0.5) is 5.95 Å². The summed E-state index contributed by atoms with van der Waals surface area (Å²) in [7, 11) is 0. The molecule has 0 radical (unpaired) electrons. The number of nitrogens with two attached hydrogens (primary N) is 2. The molecule has 8 heteroatoms. The molecule has 0 spiro atoms. The summed E-state index contributed by atoms with van der Waals surface area (Å²) in [5.41, 5.74) is 10.9. The van der Waals surface area contributed by atoms with Crippen LogP contribution < -0.4 is 11.5 Å². The minimum atomic E-state index is -0.593. The highest BCUT2D eigenvalue weighted by atomic mass is 79.9. The predicted molar refractivity (Wildman–Crippen MR) is 59.8 cm³/mol. The van der Waals surface area contributed by atoms with Crippen molar-refractivity contribution in [1.82, 2.24) is 19.7 Å².